The van der Waals surface area contributed by atoms with Gasteiger partial charge in [-0.1, -0.05) is 18.2 Å². The topological polar surface area (TPSA) is 34.0 Å². The number of benzene rings is 1. The minimum atomic E-state index is -4.45. The van der Waals surface area contributed by atoms with Crippen LogP contribution >= 0.6 is 0 Å². The van der Waals surface area contributed by atoms with Crippen LogP contribution in [0.1, 0.15) is 23.9 Å². The molecule has 0 bridgehead atoms. The largest absolute Gasteiger partial charge is 0.431 e. The van der Waals surface area contributed by atoms with Gasteiger partial charge >= 0.3 is 6.18 Å². The molecule has 0 amide bonds. The summed E-state index contributed by atoms with van der Waals surface area (Å²) in [6.07, 6.45) is -3.35. The van der Waals surface area contributed by atoms with E-state index in [1.807, 2.05) is 13.0 Å². The molecule has 0 aliphatic carbocycles. The van der Waals surface area contributed by atoms with Crippen LogP contribution in [0, 0.1) is 12.7 Å². The third-order valence-corrected chi connectivity index (χ3v) is 5.30. The predicted octanol–water partition coefficient (Wildman–Crippen LogP) is 5.34. The standard InChI is InChI=1S/C22H20F4N4/c1-4-30-12-18-17(11-19(30)22(24,25)26)28-21(29(18)3)20-13(2)8-9-16(27-20)14-6-5-7-15(23)10-14/h5-11H,4,12H2,1-3H3. The lowest BCUT2D eigenvalue weighted by atomic mass is 10.1. The van der Waals surface area contributed by atoms with Crippen molar-refractivity contribution < 1.29 is 17.6 Å². The number of rotatable bonds is 3. The second kappa shape index (κ2) is 7.27. The fraction of sp³-hybridized carbons (Fsp3) is 0.273. The third-order valence-electron chi connectivity index (χ3n) is 5.30. The van der Waals surface area contributed by atoms with E-state index in [1.165, 1.54) is 17.0 Å². The molecule has 4 rings (SSSR count). The van der Waals surface area contributed by atoms with E-state index in [2.05, 4.69) is 9.97 Å². The number of halogens is 4. The Morgan fingerprint density at radius 2 is 1.87 bits per heavy atom. The van der Waals surface area contributed by atoms with E-state index in [0.717, 1.165) is 11.6 Å². The first-order valence-corrected chi connectivity index (χ1v) is 9.52. The maximum absolute atomic E-state index is 13.6. The van der Waals surface area contributed by atoms with Crippen molar-refractivity contribution in [3.8, 4) is 22.8 Å². The number of hydrogen-bond acceptors (Lipinski definition) is 3. The number of alkyl halides is 3. The smallest absolute Gasteiger partial charge is 0.362 e. The zero-order valence-electron chi connectivity index (χ0n) is 16.8. The highest BCUT2D eigenvalue weighted by Gasteiger charge is 2.40. The van der Waals surface area contributed by atoms with E-state index >= 15 is 0 Å². The molecular formula is C22H20F4N4. The summed E-state index contributed by atoms with van der Waals surface area (Å²) in [5, 5.41) is 0. The van der Waals surface area contributed by atoms with Crippen LogP contribution in [0.5, 0.6) is 0 Å². The third kappa shape index (κ3) is 3.46. The van der Waals surface area contributed by atoms with Crippen LogP contribution < -0.4 is 0 Å². The van der Waals surface area contributed by atoms with Gasteiger partial charge in [0.15, 0.2) is 5.82 Å². The Labute approximate surface area is 171 Å². The monoisotopic (exact) mass is 416 g/mol. The summed E-state index contributed by atoms with van der Waals surface area (Å²) in [5.41, 5.74) is 2.86. The number of imidazole rings is 1. The van der Waals surface area contributed by atoms with Gasteiger partial charge in [0.2, 0.25) is 0 Å². The number of aromatic nitrogens is 3. The zero-order valence-corrected chi connectivity index (χ0v) is 16.8. The Morgan fingerprint density at radius 1 is 1.10 bits per heavy atom. The maximum Gasteiger partial charge on any atom is 0.431 e. The van der Waals surface area contributed by atoms with Gasteiger partial charge in [0.05, 0.1) is 23.6 Å². The van der Waals surface area contributed by atoms with Crippen LogP contribution in [0.15, 0.2) is 42.1 Å². The quantitative estimate of drug-likeness (QED) is 0.541. The molecule has 8 heteroatoms. The second-order valence-electron chi connectivity index (χ2n) is 7.24. The molecule has 3 aromatic rings. The lowest BCUT2D eigenvalue weighted by Crippen LogP contribution is -2.34. The summed E-state index contributed by atoms with van der Waals surface area (Å²) in [7, 11) is 1.78. The first-order chi connectivity index (χ1) is 14.2. The molecule has 3 heterocycles. The minimum Gasteiger partial charge on any atom is -0.362 e. The van der Waals surface area contributed by atoms with Crippen molar-refractivity contribution in [2.75, 3.05) is 6.54 Å². The molecule has 0 spiro atoms. The molecule has 1 aliphatic rings. The Bertz CT molecular complexity index is 1140. The number of pyridine rings is 1. The second-order valence-corrected chi connectivity index (χ2v) is 7.24. The molecule has 0 saturated heterocycles. The van der Waals surface area contributed by atoms with Crippen molar-refractivity contribution in [1.29, 1.82) is 0 Å². The molecule has 1 aromatic carbocycles. The van der Waals surface area contributed by atoms with Crippen LogP contribution in [-0.2, 0) is 13.6 Å². The van der Waals surface area contributed by atoms with Crippen LogP contribution in [0.4, 0.5) is 17.6 Å². The first kappa shape index (κ1) is 20.1. The van der Waals surface area contributed by atoms with Gasteiger partial charge in [0.25, 0.3) is 0 Å². The predicted molar refractivity (Wildman–Crippen MR) is 107 cm³/mol. The van der Waals surface area contributed by atoms with Crippen molar-refractivity contribution in [1.82, 2.24) is 19.4 Å². The first-order valence-electron chi connectivity index (χ1n) is 9.52. The molecule has 2 aromatic heterocycles. The fourth-order valence-corrected chi connectivity index (χ4v) is 3.66. The summed E-state index contributed by atoms with van der Waals surface area (Å²) in [6.45, 7) is 3.90. The zero-order chi connectivity index (χ0) is 21.6. The molecule has 156 valence electrons. The van der Waals surface area contributed by atoms with Crippen LogP contribution in [-0.4, -0.2) is 32.2 Å². The van der Waals surface area contributed by atoms with E-state index in [4.69, 9.17) is 0 Å². The Balaban J connectivity index is 1.83. The van der Waals surface area contributed by atoms with Gasteiger partial charge in [0, 0.05) is 19.2 Å². The molecule has 0 atom stereocenters. The minimum absolute atomic E-state index is 0.114. The van der Waals surface area contributed by atoms with Gasteiger partial charge in [-0.05, 0) is 43.7 Å². The number of allylic oxidation sites excluding steroid dienone is 1. The highest BCUT2D eigenvalue weighted by molar-refractivity contribution is 5.68. The Hall–Kier alpha value is -3.16. The Kier molecular flexibility index (Phi) is 4.88. The molecule has 0 radical (unpaired) electrons. The lowest BCUT2D eigenvalue weighted by molar-refractivity contribution is -0.111. The van der Waals surface area contributed by atoms with Gasteiger partial charge in [-0.3, -0.25) is 0 Å². The molecule has 0 unspecified atom stereocenters. The average molecular weight is 416 g/mol. The summed E-state index contributed by atoms with van der Waals surface area (Å²) >= 11 is 0. The molecule has 30 heavy (non-hydrogen) atoms. The van der Waals surface area contributed by atoms with Gasteiger partial charge < -0.3 is 9.47 Å². The number of aryl methyl sites for hydroxylation is 1. The van der Waals surface area contributed by atoms with E-state index in [0.29, 0.717) is 34.2 Å². The van der Waals surface area contributed by atoms with E-state index in [-0.39, 0.29) is 18.9 Å². The molecule has 0 saturated carbocycles. The molecule has 1 aliphatic heterocycles. The van der Waals surface area contributed by atoms with E-state index < -0.39 is 11.9 Å². The normalized spacial score (nSPS) is 14.0. The van der Waals surface area contributed by atoms with Gasteiger partial charge in [-0.2, -0.15) is 13.2 Å². The maximum atomic E-state index is 13.6. The number of fused-ring (bicyclic) bond motifs is 1. The summed E-state index contributed by atoms with van der Waals surface area (Å²) in [5.74, 6) is 0.111. The molecular weight excluding hydrogens is 396 g/mol. The van der Waals surface area contributed by atoms with Crippen molar-refractivity contribution in [3.05, 3.63) is 64.9 Å². The summed E-state index contributed by atoms with van der Waals surface area (Å²) in [6, 6.07) is 9.75. The fourth-order valence-electron chi connectivity index (χ4n) is 3.66. The highest BCUT2D eigenvalue weighted by atomic mass is 19.4. The van der Waals surface area contributed by atoms with Crippen molar-refractivity contribution in [2.24, 2.45) is 7.05 Å². The van der Waals surface area contributed by atoms with Crippen LogP contribution in [0.25, 0.3) is 28.9 Å². The summed E-state index contributed by atoms with van der Waals surface area (Å²) in [4.78, 5) is 10.4. The molecule has 0 N–H and O–H groups in total. The average Bonchev–Trinajstić information content (AvgIpc) is 3.02. The summed E-state index contributed by atoms with van der Waals surface area (Å²) < 4.78 is 55.8. The van der Waals surface area contributed by atoms with Crippen molar-refractivity contribution >= 4 is 6.08 Å². The highest BCUT2D eigenvalue weighted by Crippen LogP contribution is 2.37. The number of hydrogen-bond donors (Lipinski definition) is 0. The van der Waals surface area contributed by atoms with Gasteiger partial charge in [-0.15, -0.1) is 0 Å². The van der Waals surface area contributed by atoms with Gasteiger partial charge in [-0.25, -0.2) is 14.4 Å². The van der Waals surface area contributed by atoms with Crippen LogP contribution in [0.3, 0.4) is 0 Å². The number of nitrogens with zero attached hydrogens (tertiary/aromatic N) is 4. The van der Waals surface area contributed by atoms with Crippen molar-refractivity contribution in [3.63, 3.8) is 0 Å². The van der Waals surface area contributed by atoms with E-state index in [9.17, 15) is 17.6 Å². The Morgan fingerprint density at radius 3 is 2.53 bits per heavy atom. The molecule has 4 nitrogen and oxygen atoms in total. The lowest BCUT2D eigenvalue weighted by Gasteiger charge is -2.30. The van der Waals surface area contributed by atoms with Crippen molar-refractivity contribution in [2.45, 2.75) is 26.6 Å². The molecule has 0 fully saturated rings. The van der Waals surface area contributed by atoms with Gasteiger partial charge in [0.1, 0.15) is 17.2 Å². The van der Waals surface area contributed by atoms with Crippen LogP contribution in [0.2, 0.25) is 0 Å². The SMILES string of the molecule is CCN1Cc2c(nc(-c3nc(-c4cccc(F)c4)ccc3C)n2C)C=C1C(F)(F)F. The van der Waals surface area contributed by atoms with E-state index in [1.54, 1.807) is 36.7 Å².